The molecule has 0 aliphatic carbocycles. The van der Waals surface area contributed by atoms with E-state index in [-0.39, 0.29) is 6.61 Å². The average molecular weight is 208 g/mol. The Kier molecular flexibility index (Phi) is 3.88. The molecule has 4 nitrogen and oxygen atoms in total. The van der Waals surface area contributed by atoms with E-state index in [9.17, 15) is 9.90 Å². The Labute approximate surface area is 87.4 Å². The summed E-state index contributed by atoms with van der Waals surface area (Å²) in [4.78, 5) is 10.2. The highest BCUT2D eigenvalue weighted by Gasteiger charge is 2.03. The van der Waals surface area contributed by atoms with Crippen LogP contribution in [0.1, 0.15) is 11.7 Å². The Bertz CT molecular complexity index is 342. The van der Waals surface area contributed by atoms with Crippen LogP contribution in [0.15, 0.2) is 36.9 Å². The van der Waals surface area contributed by atoms with Crippen LogP contribution in [0.2, 0.25) is 0 Å². The zero-order valence-electron chi connectivity index (χ0n) is 8.09. The van der Waals surface area contributed by atoms with E-state index in [4.69, 9.17) is 9.84 Å². The van der Waals surface area contributed by atoms with Gasteiger partial charge in [0.15, 0.2) is 6.61 Å². The number of carbonyl (C=O) groups is 1. The van der Waals surface area contributed by atoms with Gasteiger partial charge in [0.25, 0.3) is 0 Å². The van der Waals surface area contributed by atoms with Gasteiger partial charge in [-0.05, 0) is 17.7 Å². The average Bonchev–Trinajstić information content (AvgIpc) is 2.26. The number of aliphatic hydroxyl groups excluding tert-OH is 1. The number of carboxylic acids is 1. The topological polar surface area (TPSA) is 66.8 Å². The summed E-state index contributed by atoms with van der Waals surface area (Å²) in [6.45, 7) is 3.09. The molecule has 0 radical (unpaired) electrons. The van der Waals surface area contributed by atoms with Crippen molar-refractivity contribution >= 4 is 5.97 Å². The Morgan fingerprint density at radius 1 is 1.47 bits per heavy atom. The van der Waals surface area contributed by atoms with Gasteiger partial charge in [-0.2, -0.15) is 0 Å². The molecule has 80 valence electrons. The van der Waals surface area contributed by atoms with Gasteiger partial charge >= 0.3 is 5.97 Å². The molecule has 1 atom stereocenters. The highest BCUT2D eigenvalue weighted by molar-refractivity contribution is 5.68. The van der Waals surface area contributed by atoms with Gasteiger partial charge in [-0.3, -0.25) is 0 Å². The minimum absolute atomic E-state index is 0.372. The van der Waals surface area contributed by atoms with Gasteiger partial charge in [-0.1, -0.05) is 18.2 Å². The van der Waals surface area contributed by atoms with E-state index in [1.807, 2.05) is 0 Å². The zero-order chi connectivity index (χ0) is 11.3. The first kappa shape index (κ1) is 11.3. The number of aliphatic carboxylic acids is 1. The summed E-state index contributed by atoms with van der Waals surface area (Å²) in [5.41, 5.74) is 0.688. The van der Waals surface area contributed by atoms with E-state index < -0.39 is 12.1 Å². The van der Waals surface area contributed by atoms with Gasteiger partial charge in [0.2, 0.25) is 0 Å². The molecular formula is C11H12O4. The van der Waals surface area contributed by atoms with Crippen molar-refractivity contribution in [2.75, 3.05) is 6.61 Å². The van der Waals surface area contributed by atoms with Gasteiger partial charge in [0.1, 0.15) is 5.75 Å². The van der Waals surface area contributed by atoms with Crippen molar-refractivity contribution in [1.29, 1.82) is 0 Å². The predicted molar refractivity (Wildman–Crippen MR) is 54.7 cm³/mol. The van der Waals surface area contributed by atoms with Crippen molar-refractivity contribution in [3.05, 3.63) is 42.5 Å². The molecule has 0 heterocycles. The summed E-state index contributed by atoms with van der Waals surface area (Å²) in [7, 11) is 0. The lowest BCUT2D eigenvalue weighted by Crippen LogP contribution is -2.09. The summed E-state index contributed by atoms with van der Waals surface area (Å²) in [5.74, 6) is -0.567. The Hall–Kier alpha value is -1.81. The van der Waals surface area contributed by atoms with Crippen LogP contribution in [-0.4, -0.2) is 22.8 Å². The quantitative estimate of drug-likeness (QED) is 0.717. The Balaban J connectivity index is 2.63. The van der Waals surface area contributed by atoms with E-state index in [2.05, 4.69) is 6.58 Å². The van der Waals surface area contributed by atoms with E-state index >= 15 is 0 Å². The first-order chi connectivity index (χ1) is 7.13. The molecule has 4 heteroatoms. The van der Waals surface area contributed by atoms with Crippen molar-refractivity contribution in [2.45, 2.75) is 6.10 Å². The van der Waals surface area contributed by atoms with Gasteiger partial charge in [-0.15, -0.1) is 6.58 Å². The first-order valence-corrected chi connectivity index (χ1v) is 4.38. The van der Waals surface area contributed by atoms with Crippen molar-refractivity contribution in [1.82, 2.24) is 0 Å². The number of ether oxygens (including phenoxy) is 1. The second-order valence-corrected chi connectivity index (χ2v) is 2.93. The third kappa shape index (κ3) is 3.44. The van der Waals surface area contributed by atoms with E-state index in [0.29, 0.717) is 11.3 Å². The van der Waals surface area contributed by atoms with Crippen molar-refractivity contribution in [3.8, 4) is 5.75 Å². The fraction of sp³-hybridized carbons (Fsp3) is 0.182. The minimum Gasteiger partial charge on any atom is -0.482 e. The third-order valence-corrected chi connectivity index (χ3v) is 1.81. The van der Waals surface area contributed by atoms with Gasteiger partial charge in [0, 0.05) is 0 Å². The number of aliphatic hydroxyl groups is 1. The number of carboxylic acid groups (broad SMARTS) is 1. The fourth-order valence-electron chi connectivity index (χ4n) is 1.04. The van der Waals surface area contributed by atoms with E-state index in [0.717, 1.165) is 0 Å². The fourth-order valence-corrected chi connectivity index (χ4v) is 1.04. The molecule has 1 aromatic rings. The molecule has 0 saturated heterocycles. The van der Waals surface area contributed by atoms with E-state index in [1.54, 1.807) is 24.3 Å². The molecule has 1 aromatic carbocycles. The second-order valence-electron chi connectivity index (χ2n) is 2.93. The van der Waals surface area contributed by atoms with Crippen molar-refractivity contribution < 1.29 is 19.7 Å². The smallest absolute Gasteiger partial charge is 0.341 e. The minimum atomic E-state index is -1.02. The van der Waals surface area contributed by atoms with Crippen LogP contribution in [-0.2, 0) is 4.79 Å². The molecule has 0 aromatic heterocycles. The number of benzene rings is 1. The van der Waals surface area contributed by atoms with Crippen LogP contribution in [0.25, 0.3) is 0 Å². The predicted octanol–water partition coefficient (Wildman–Crippen LogP) is 1.37. The molecule has 0 bridgehead atoms. The molecule has 0 saturated carbocycles. The normalized spacial score (nSPS) is 11.8. The molecule has 15 heavy (non-hydrogen) atoms. The van der Waals surface area contributed by atoms with Crippen LogP contribution in [0.4, 0.5) is 0 Å². The number of rotatable bonds is 5. The second kappa shape index (κ2) is 5.17. The molecule has 2 N–H and O–H groups in total. The number of hydrogen-bond acceptors (Lipinski definition) is 3. The SMILES string of the molecule is C=CC(O)c1ccc(OCC(=O)O)cc1. The van der Waals surface area contributed by atoms with Crippen LogP contribution >= 0.6 is 0 Å². The monoisotopic (exact) mass is 208 g/mol. The van der Waals surface area contributed by atoms with E-state index in [1.165, 1.54) is 6.08 Å². The summed E-state index contributed by atoms with van der Waals surface area (Å²) in [6.07, 6.45) is 0.700. The molecule has 1 unspecified atom stereocenters. The van der Waals surface area contributed by atoms with Crippen molar-refractivity contribution in [2.24, 2.45) is 0 Å². The first-order valence-electron chi connectivity index (χ1n) is 4.38. The number of hydrogen-bond donors (Lipinski definition) is 2. The maximum Gasteiger partial charge on any atom is 0.341 e. The summed E-state index contributed by atoms with van der Waals surface area (Å²) >= 11 is 0. The largest absolute Gasteiger partial charge is 0.482 e. The zero-order valence-corrected chi connectivity index (χ0v) is 8.09. The van der Waals surface area contributed by atoms with Gasteiger partial charge in [-0.25, -0.2) is 4.79 Å². The van der Waals surface area contributed by atoms with Crippen molar-refractivity contribution in [3.63, 3.8) is 0 Å². The Morgan fingerprint density at radius 2 is 2.07 bits per heavy atom. The summed E-state index contributed by atoms with van der Waals surface area (Å²) < 4.78 is 4.93. The molecule has 1 rings (SSSR count). The van der Waals surface area contributed by atoms with Crippen LogP contribution in [0.5, 0.6) is 5.75 Å². The molecule has 0 aliphatic rings. The molecule has 0 amide bonds. The van der Waals surface area contributed by atoms with Crippen LogP contribution in [0, 0.1) is 0 Å². The standard InChI is InChI=1S/C11H12O4/c1-2-10(12)8-3-5-9(6-4-8)15-7-11(13)14/h2-6,10,12H,1,7H2,(H,13,14). The molecule has 0 spiro atoms. The van der Waals surface area contributed by atoms with Gasteiger partial charge < -0.3 is 14.9 Å². The van der Waals surface area contributed by atoms with Crippen LogP contribution < -0.4 is 4.74 Å². The third-order valence-electron chi connectivity index (χ3n) is 1.81. The summed E-state index contributed by atoms with van der Waals surface area (Å²) in [6, 6.07) is 6.52. The van der Waals surface area contributed by atoms with Crippen LogP contribution in [0.3, 0.4) is 0 Å². The maximum atomic E-state index is 10.2. The molecular weight excluding hydrogens is 196 g/mol. The lowest BCUT2D eigenvalue weighted by Gasteiger charge is -2.07. The lowest BCUT2D eigenvalue weighted by molar-refractivity contribution is -0.139. The maximum absolute atomic E-state index is 10.2. The Morgan fingerprint density at radius 3 is 2.53 bits per heavy atom. The van der Waals surface area contributed by atoms with Gasteiger partial charge in [0.05, 0.1) is 6.10 Å². The molecule has 0 fully saturated rings. The summed E-state index contributed by atoms with van der Waals surface area (Å²) in [5, 5.41) is 17.8. The highest BCUT2D eigenvalue weighted by atomic mass is 16.5. The molecule has 0 aliphatic heterocycles. The highest BCUT2D eigenvalue weighted by Crippen LogP contribution is 2.18. The lowest BCUT2D eigenvalue weighted by atomic mass is 10.1.